The number of ether oxygens (including phenoxy) is 1. The maximum Gasteiger partial charge on any atom is 0.158 e. The van der Waals surface area contributed by atoms with Gasteiger partial charge in [0.05, 0.1) is 23.0 Å². The Kier molecular flexibility index (Phi) is 4.63. The monoisotopic (exact) mass is 363 g/mol. The van der Waals surface area contributed by atoms with Gasteiger partial charge in [-0.25, -0.2) is 4.98 Å². The smallest absolute Gasteiger partial charge is 0.158 e. The van der Waals surface area contributed by atoms with Crippen LogP contribution in [0.5, 0.6) is 5.75 Å². The van der Waals surface area contributed by atoms with E-state index in [1.807, 2.05) is 18.2 Å². The molecule has 0 spiro atoms. The summed E-state index contributed by atoms with van der Waals surface area (Å²) in [6, 6.07) is 20.8. The van der Waals surface area contributed by atoms with Crippen molar-refractivity contribution in [1.29, 1.82) is 0 Å². The summed E-state index contributed by atoms with van der Waals surface area (Å²) < 4.78 is 10.8. The number of methoxy groups -OCH3 is 1. The number of aryl methyl sites for hydroxylation is 3. The zero-order valence-corrected chi connectivity index (χ0v) is 15.7. The molecule has 0 saturated heterocycles. The third-order valence-corrected chi connectivity index (χ3v) is 5.50. The van der Waals surface area contributed by atoms with Gasteiger partial charge in [-0.05, 0) is 48.4 Å². The van der Waals surface area contributed by atoms with Gasteiger partial charge in [0.2, 0.25) is 0 Å². The predicted molar refractivity (Wildman–Crippen MR) is 108 cm³/mol. The second-order valence-corrected chi connectivity index (χ2v) is 7.35. The van der Waals surface area contributed by atoms with E-state index in [-0.39, 0.29) is 0 Å². The van der Waals surface area contributed by atoms with Crippen LogP contribution in [0.3, 0.4) is 0 Å². The molecule has 0 aromatic heterocycles. The maximum atomic E-state index is 5.24. The van der Waals surface area contributed by atoms with Gasteiger partial charge in [0, 0.05) is 19.8 Å². The number of hydrogen-bond donors (Lipinski definition) is 0. The minimum atomic E-state index is 0.875. The molecule has 0 radical (unpaired) electrons. The zero-order valence-electron chi connectivity index (χ0n) is 14.9. The van der Waals surface area contributed by atoms with E-state index in [2.05, 4.69) is 64.2 Å². The number of aromatic nitrogens is 3. The third kappa shape index (κ3) is 3.30. The summed E-state index contributed by atoms with van der Waals surface area (Å²) in [6.07, 6.45) is 3.05. The fourth-order valence-corrected chi connectivity index (χ4v) is 3.94. The highest BCUT2D eigenvalue weighted by Crippen LogP contribution is 2.25. The summed E-state index contributed by atoms with van der Waals surface area (Å²) in [4.78, 5) is 4.97. The maximum absolute atomic E-state index is 5.24. The molecule has 2 aliphatic heterocycles. The molecule has 2 aliphatic rings. The van der Waals surface area contributed by atoms with Gasteiger partial charge in [-0.15, -0.1) is 0 Å². The lowest BCUT2D eigenvalue weighted by atomic mass is 10.1. The molecule has 0 bridgehead atoms. The van der Waals surface area contributed by atoms with Crippen LogP contribution in [0.1, 0.15) is 5.56 Å². The SMILES string of the molecule is COc1ccc(CCn2cccc3n(C)sc4ccccc4nc2-3)cc1. The van der Waals surface area contributed by atoms with Crippen molar-refractivity contribution in [3.63, 3.8) is 0 Å². The topological polar surface area (TPSA) is 32.0 Å². The second-order valence-electron chi connectivity index (χ2n) is 6.18. The van der Waals surface area contributed by atoms with Gasteiger partial charge in [0.1, 0.15) is 5.75 Å². The van der Waals surface area contributed by atoms with Crippen molar-refractivity contribution in [2.24, 2.45) is 7.05 Å². The Bertz CT molecular complexity index is 1040. The van der Waals surface area contributed by atoms with Gasteiger partial charge >= 0.3 is 0 Å². The second kappa shape index (κ2) is 7.22. The van der Waals surface area contributed by atoms with Crippen LogP contribution in [0.15, 0.2) is 66.9 Å². The lowest BCUT2D eigenvalue weighted by Gasteiger charge is -2.14. The minimum absolute atomic E-state index is 0.875. The van der Waals surface area contributed by atoms with Gasteiger partial charge in [-0.1, -0.05) is 35.8 Å². The summed E-state index contributed by atoms with van der Waals surface area (Å²) in [6.45, 7) is 0.875. The summed E-state index contributed by atoms with van der Waals surface area (Å²) >= 11 is 1.71. The van der Waals surface area contributed by atoms with Crippen LogP contribution in [0.2, 0.25) is 0 Å². The Labute approximate surface area is 157 Å². The summed E-state index contributed by atoms with van der Waals surface area (Å²) in [5, 5.41) is 0. The predicted octanol–water partition coefficient (Wildman–Crippen LogP) is 4.92. The molecule has 4 rings (SSSR count). The number of para-hydroxylation sites is 1. The number of hydrogen-bond acceptors (Lipinski definition) is 3. The van der Waals surface area contributed by atoms with Crippen molar-refractivity contribution in [3.8, 4) is 17.3 Å². The molecule has 2 aromatic rings. The Morgan fingerprint density at radius 3 is 2.62 bits per heavy atom. The first-order valence-electron chi connectivity index (χ1n) is 8.62. The minimum Gasteiger partial charge on any atom is -0.497 e. The van der Waals surface area contributed by atoms with Crippen LogP contribution >= 0.6 is 11.5 Å². The van der Waals surface area contributed by atoms with E-state index in [4.69, 9.17) is 9.72 Å². The lowest BCUT2D eigenvalue weighted by molar-refractivity contribution is 0.414. The van der Waals surface area contributed by atoms with Crippen LogP contribution in [-0.4, -0.2) is 20.6 Å². The van der Waals surface area contributed by atoms with Gasteiger partial charge in [-0.3, -0.25) is 3.96 Å². The Balaban J connectivity index is 1.72. The van der Waals surface area contributed by atoms with Gasteiger partial charge in [-0.2, -0.15) is 0 Å². The average Bonchev–Trinajstić information content (AvgIpc) is 2.83. The Hall–Kier alpha value is -2.79. The quantitative estimate of drug-likeness (QED) is 0.516. The molecule has 132 valence electrons. The third-order valence-electron chi connectivity index (χ3n) is 4.49. The molecule has 5 heteroatoms. The van der Waals surface area contributed by atoms with Crippen LogP contribution < -0.4 is 4.74 Å². The van der Waals surface area contributed by atoms with Crippen molar-refractivity contribution in [2.45, 2.75) is 13.0 Å². The number of benzene rings is 2. The van der Waals surface area contributed by atoms with E-state index in [1.54, 1.807) is 18.6 Å². The highest BCUT2D eigenvalue weighted by atomic mass is 32.1. The number of fused-ring (bicyclic) bond motifs is 2. The molecule has 0 aliphatic carbocycles. The van der Waals surface area contributed by atoms with Crippen molar-refractivity contribution in [3.05, 3.63) is 72.4 Å². The van der Waals surface area contributed by atoms with Crippen molar-refractivity contribution in [1.82, 2.24) is 13.5 Å². The molecular formula is C21H21N3OS. The Morgan fingerprint density at radius 1 is 1.00 bits per heavy atom. The summed E-state index contributed by atoms with van der Waals surface area (Å²) in [7, 11) is 3.78. The summed E-state index contributed by atoms with van der Waals surface area (Å²) in [5.41, 5.74) is 3.43. The molecule has 0 unspecified atom stereocenters. The molecule has 4 nitrogen and oxygen atoms in total. The zero-order chi connectivity index (χ0) is 17.9. The normalized spacial score (nSPS) is 11.0. The fraction of sp³-hybridized carbons (Fsp3) is 0.190. The van der Waals surface area contributed by atoms with Crippen molar-refractivity contribution >= 4 is 21.7 Å². The van der Waals surface area contributed by atoms with Crippen LogP contribution in [-0.2, 0) is 20.0 Å². The fourth-order valence-electron chi connectivity index (χ4n) is 3.06. The molecule has 0 saturated carbocycles. The first-order chi connectivity index (χ1) is 12.7. The average molecular weight is 363 g/mol. The molecule has 0 amide bonds. The molecule has 26 heavy (non-hydrogen) atoms. The van der Waals surface area contributed by atoms with Gasteiger partial charge < -0.3 is 9.30 Å². The summed E-state index contributed by atoms with van der Waals surface area (Å²) in [5.74, 6) is 1.89. The van der Waals surface area contributed by atoms with Gasteiger partial charge in [0.25, 0.3) is 0 Å². The number of rotatable bonds is 4. The molecular weight excluding hydrogens is 342 g/mol. The van der Waals surface area contributed by atoms with Crippen LogP contribution in [0.4, 0.5) is 0 Å². The van der Waals surface area contributed by atoms with Crippen molar-refractivity contribution < 1.29 is 4.74 Å². The number of pyridine rings is 1. The highest BCUT2D eigenvalue weighted by Gasteiger charge is 2.10. The van der Waals surface area contributed by atoms with E-state index in [0.717, 1.165) is 35.8 Å². The molecule has 0 atom stereocenters. The lowest BCUT2D eigenvalue weighted by Crippen LogP contribution is -2.08. The van der Waals surface area contributed by atoms with E-state index in [0.29, 0.717) is 0 Å². The van der Waals surface area contributed by atoms with Crippen LogP contribution in [0.25, 0.3) is 21.7 Å². The largest absolute Gasteiger partial charge is 0.497 e. The van der Waals surface area contributed by atoms with Crippen LogP contribution in [0, 0.1) is 0 Å². The van der Waals surface area contributed by atoms with E-state index < -0.39 is 0 Å². The number of nitrogens with zero attached hydrogens (tertiary/aromatic N) is 3. The molecule has 2 aromatic carbocycles. The highest BCUT2D eigenvalue weighted by molar-refractivity contribution is 7.13. The molecule has 0 fully saturated rings. The van der Waals surface area contributed by atoms with E-state index in [9.17, 15) is 0 Å². The van der Waals surface area contributed by atoms with E-state index >= 15 is 0 Å². The Morgan fingerprint density at radius 2 is 1.81 bits per heavy atom. The van der Waals surface area contributed by atoms with Crippen molar-refractivity contribution in [2.75, 3.05) is 7.11 Å². The van der Waals surface area contributed by atoms with Gasteiger partial charge in [0.15, 0.2) is 5.82 Å². The molecule has 2 heterocycles. The first-order valence-corrected chi connectivity index (χ1v) is 9.40. The first kappa shape index (κ1) is 16.7. The molecule has 0 N–H and O–H groups in total. The standard InChI is InChI=1S/C21H21N3OS/c1-23-19-7-5-14-24(15-13-16-9-11-17(25-2)12-10-16)21(19)22-18-6-3-4-8-20(18)26-23/h3-12,14H,13,15H2,1-2H3. The van der Waals surface area contributed by atoms with E-state index in [1.165, 1.54) is 10.3 Å².